The van der Waals surface area contributed by atoms with E-state index < -0.39 is 0 Å². The van der Waals surface area contributed by atoms with Gasteiger partial charge in [-0.05, 0) is 40.2 Å². The summed E-state index contributed by atoms with van der Waals surface area (Å²) in [5.41, 5.74) is 0.426. The van der Waals surface area contributed by atoms with Crippen molar-refractivity contribution in [1.82, 2.24) is 9.88 Å². The number of rotatable bonds is 5. The number of likely N-dealkylation sites (N-methyl/N-ethyl adjacent to an activating group) is 1. The van der Waals surface area contributed by atoms with Gasteiger partial charge >= 0.3 is 0 Å². The molecule has 0 aliphatic rings. The van der Waals surface area contributed by atoms with Gasteiger partial charge in [-0.25, -0.2) is 4.98 Å². The summed E-state index contributed by atoms with van der Waals surface area (Å²) in [5, 5.41) is 0. The Hall–Kier alpha value is -1.88. The molecule has 20 heavy (non-hydrogen) atoms. The highest BCUT2D eigenvalue weighted by Crippen LogP contribution is 2.10. The molecule has 0 N–H and O–H groups in total. The Kier molecular flexibility index (Phi) is 5.12. The predicted octanol–water partition coefficient (Wildman–Crippen LogP) is 3.00. The molecular weight excluding hydrogens is 320 g/mol. The van der Waals surface area contributed by atoms with Gasteiger partial charge in [0.25, 0.3) is 5.91 Å². The molecule has 0 aliphatic carbocycles. The van der Waals surface area contributed by atoms with Crippen molar-refractivity contribution in [2.45, 2.75) is 0 Å². The van der Waals surface area contributed by atoms with E-state index in [0.29, 0.717) is 18.8 Å². The van der Waals surface area contributed by atoms with Gasteiger partial charge in [0.2, 0.25) is 0 Å². The van der Waals surface area contributed by atoms with Crippen molar-refractivity contribution in [3.8, 4) is 5.75 Å². The summed E-state index contributed by atoms with van der Waals surface area (Å²) in [7, 11) is 1.74. The quantitative estimate of drug-likeness (QED) is 0.844. The van der Waals surface area contributed by atoms with Gasteiger partial charge in [-0.1, -0.05) is 18.2 Å². The number of benzene rings is 1. The molecule has 0 bridgehead atoms. The maximum atomic E-state index is 12.1. The second-order valence-corrected chi connectivity index (χ2v) is 5.17. The summed E-state index contributed by atoms with van der Waals surface area (Å²) in [6.45, 7) is 0.953. The van der Waals surface area contributed by atoms with E-state index in [2.05, 4.69) is 20.9 Å². The highest BCUT2D eigenvalue weighted by atomic mass is 79.9. The molecule has 2 rings (SSSR count). The molecule has 1 heterocycles. The SMILES string of the molecule is CN(CCOc1ccccc1)C(=O)c1ccc(Br)cn1. The van der Waals surface area contributed by atoms with E-state index in [0.717, 1.165) is 10.2 Å². The van der Waals surface area contributed by atoms with E-state index in [4.69, 9.17) is 4.74 Å². The first-order valence-electron chi connectivity index (χ1n) is 6.21. The lowest BCUT2D eigenvalue weighted by Crippen LogP contribution is -2.31. The zero-order chi connectivity index (χ0) is 14.4. The largest absolute Gasteiger partial charge is 0.492 e. The fourth-order valence-corrected chi connectivity index (χ4v) is 1.85. The summed E-state index contributed by atoms with van der Waals surface area (Å²) < 4.78 is 6.41. The first-order chi connectivity index (χ1) is 9.66. The van der Waals surface area contributed by atoms with Gasteiger partial charge < -0.3 is 9.64 Å². The summed E-state index contributed by atoms with van der Waals surface area (Å²) in [6, 6.07) is 13.0. The highest BCUT2D eigenvalue weighted by molar-refractivity contribution is 9.10. The average Bonchev–Trinajstić information content (AvgIpc) is 2.48. The molecule has 0 unspecified atom stereocenters. The lowest BCUT2D eigenvalue weighted by atomic mass is 10.3. The number of carbonyl (C=O) groups is 1. The molecule has 0 spiro atoms. The predicted molar refractivity (Wildman–Crippen MR) is 80.8 cm³/mol. The monoisotopic (exact) mass is 334 g/mol. The second kappa shape index (κ2) is 7.05. The Bertz CT molecular complexity index is 558. The minimum Gasteiger partial charge on any atom is -0.492 e. The molecule has 0 aliphatic heterocycles. The van der Waals surface area contributed by atoms with Crippen LogP contribution in [-0.2, 0) is 0 Å². The van der Waals surface area contributed by atoms with Crippen molar-refractivity contribution in [2.75, 3.05) is 20.2 Å². The van der Waals surface area contributed by atoms with Crippen LogP contribution in [0.4, 0.5) is 0 Å². The van der Waals surface area contributed by atoms with E-state index in [1.54, 1.807) is 30.3 Å². The molecule has 2 aromatic rings. The van der Waals surface area contributed by atoms with Crippen LogP contribution in [0, 0.1) is 0 Å². The zero-order valence-corrected chi connectivity index (χ0v) is 12.7. The number of hydrogen-bond acceptors (Lipinski definition) is 3. The van der Waals surface area contributed by atoms with Crippen molar-refractivity contribution >= 4 is 21.8 Å². The number of ether oxygens (including phenoxy) is 1. The molecule has 0 radical (unpaired) electrons. The molecule has 1 aromatic carbocycles. The van der Waals surface area contributed by atoms with E-state index in [9.17, 15) is 4.79 Å². The molecule has 0 saturated heterocycles. The normalized spacial score (nSPS) is 10.1. The first-order valence-corrected chi connectivity index (χ1v) is 7.01. The molecule has 0 fully saturated rings. The van der Waals surface area contributed by atoms with Crippen LogP contribution in [0.5, 0.6) is 5.75 Å². The Balaban J connectivity index is 1.84. The number of hydrogen-bond donors (Lipinski definition) is 0. The fraction of sp³-hybridized carbons (Fsp3) is 0.200. The van der Waals surface area contributed by atoms with Crippen molar-refractivity contribution in [3.63, 3.8) is 0 Å². The number of amides is 1. The van der Waals surface area contributed by atoms with Gasteiger partial charge in [-0.2, -0.15) is 0 Å². The van der Waals surface area contributed by atoms with Crippen LogP contribution in [0.15, 0.2) is 53.1 Å². The van der Waals surface area contributed by atoms with Crippen LogP contribution >= 0.6 is 15.9 Å². The lowest BCUT2D eigenvalue weighted by molar-refractivity contribution is 0.0768. The van der Waals surface area contributed by atoms with E-state index in [1.165, 1.54) is 0 Å². The number of pyridine rings is 1. The number of para-hydroxylation sites is 1. The molecule has 0 saturated carbocycles. The van der Waals surface area contributed by atoms with Crippen LogP contribution in [0.3, 0.4) is 0 Å². The maximum absolute atomic E-state index is 12.1. The molecular formula is C15H15BrN2O2. The molecule has 104 valence electrons. The Labute approximate surface area is 126 Å². The van der Waals surface area contributed by atoms with Crippen LogP contribution in [0.2, 0.25) is 0 Å². The maximum Gasteiger partial charge on any atom is 0.272 e. The molecule has 5 heteroatoms. The Morgan fingerprint density at radius 2 is 2.00 bits per heavy atom. The minimum atomic E-state index is -0.117. The van der Waals surface area contributed by atoms with Gasteiger partial charge in [0.15, 0.2) is 0 Å². The second-order valence-electron chi connectivity index (χ2n) is 4.25. The standard InChI is InChI=1S/C15H15BrN2O2/c1-18(9-10-20-13-5-3-2-4-6-13)15(19)14-8-7-12(16)11-17-14/h2-8,11H,9-10H2,1H3. The summed E-state index contributed by atoms with van der Waals surface area (Å²) in [4.78, 5) is 17.8. The average molecular weight is 335 g/mol. The fourth-order valence-electron chi connectivity index (χ4n) is 1.62. The van der Waals surface area contributed by atoms with E-state index in [-0.39, 0.29) is 5.91 Å². The third-order valence-electron chi connectivity index (χ3n) is 2.73. The van der Waals surface area contributed by atoms with Gasteiger partial charge in [-0.3, -0.25) is 4.79 Å². The van der Waals surface area contributed by atoms with Crippen molar-refractivity contribution in [2.24, 2.45) is 0 Å². The van der Waals surface area contributed by atoms with E-state index >= 15 is 0 Å². The lowest BCUT2D eigenvalue weighted by Gasteiger charge is -2.17. The van der Waals surface area contributed by atoms with Crippen LogP contribution in [-0.4, -0.2) is 36.0 Å². The van der Waals surface area contributed by atoms with Gasteiger partial charge in [0, 0.05) is 17.7 Å². The third-order valence-corrected chi connectivity index (χ3v) is 3.20. The third kappa shape index (κ3) is 4.06. The van der Waals surface area contributed by atoms with Crippen molar-refractivity contribution < 1.29 is 9.53 Å². The highest BCUT2D eigenvalue weighted by Gasteiger charge is 2.12. The Morgan fingerprint density at radius 3 is 2.65 bits per heavy atom. The summed E-state index contributed by atoms with van der Waals surface area (Å²) in [5.74, 6) is 0.685. The number of carbonyl (C=O) groups excluding carboxylic acids is 1. The number of aromatic nitrogens is 1. The van der Waals surface area contributed by atoms with Gasteiger partial charge in [0.1, 0.15) is 18.1 Å². The van der Waals surface area contributed by atoms with Crippen molar-refractivity contribution in [1.29, 1.82) is 0 Å². The topological polar surface area (TPSA) is 42.4 Å². The van der Waals surface area contributed by atoms with E-state index in [1.807, 2.05) is 30.3 Å². The first kappa shape index (κ1) is 14.5. The van der Waals surface area contributed by atoms with Crippen LogP contribution in [0.1, 0.15) is 10.5 Å². The van der Waals surface area contributed by atoms with Crippen molar-refractivity contribution in [3.05, 3.63) is 58.8 Å². The molecule has 4 nitrogen and oxygen atoms in total. The number of halogens is 1. The van der Waals surface area contributed by atoms with Gasteiger partial charge in [0.05, 0.1) is 6.54 Å². The summed E-state index contributed by atoms with van der Waals surface area (Å²) >= 11 is 3.29. The van der Waals surface area contributed by atoms with Crippen LogP contribution in [0.25, 0.3) is 0 Å². The summed E-state index contributed by atoms with van der Waals surface area (Å²) in [6.07, 6.45) is 1.61. The molecule has 1 aromatic heterocycles. The molecule has 1 amide bonds. The van der Waals surface area contributed by atoms with Crippen LogP contribution < -0.4 is 4.74 Å². The molecule has 0 atom stereocenters. The zero-order valence-electron chi connectivity index (χ0n) is 11.1. The smallest absolute Gasteiger partial charge is 0.272 e. The van der Waals surface area contributed by atoms with Gasteiger partial charge in [-0.15, -0.1) is 0 Å². The Morgan fingerprint density at radius 1 is 1.25 bits per heavy atom. The number of nitrogens with zero attached hydrogens (tertiary/aromatic N) is 2. The minimum absolute atomic E-state index is 0.117.